The molecule has 0 aliphatic heterocycles. The van der Waals surface area contributed by atoms with E-state index in [1.165, 1.54) is 18.5 Å². The molecule has 0 saturated heterocycles. The summed E-state index contributed by atoms with van der Waals surface area (Å²) >= 11 is 5.82. The third-order valence-corrected chi connectivity index (χ3v) is 4.06. The monoisotopic (exact) mass is 352 g/mol. The van der Waals surface area contributed by atoms with Gasteiger partial charge in [-0.3, -0.25) is 9.00 Å². The number of ether oxygens (including phenoxy) is 1. The number of carbonyl (C=O) groups is 2. The van der Waals surface area contributed by atoms with Crippen molar-refractivity contribution >= 4 is 40.0 Å². The molecule has 1 aromatic carbocycles. The molecule has 23 heavy (non-hydrogen) atoms. The van der Waals surface area contributed by atoms with E-state index >= 15 is 0 Å². The Morgan fingerprint density at radius 2 is 2.00 bits per heavy atom. The van der Waals surface area contributed by atoms with E-state index in [0.717, 1.165) is 0 Å². The van der Waals surface area contributed by atoms with Crippen molar-refractivity contribution in [1.29, 1.82) is 0 Å². The number of hydrogen-bond acceptors (Lipinski definition) is 5. The zero-order valence-electron chi connectivity index (χ0n) is 12.1. The van der Waals surface area contributed by atoms with Crippen molar-refractivity contribution in [2.45, 2.75) is 4.90 Å². The number of amides is 1. The second-order valence-corrected chi connectivity index (χ2v) is 6.12. The van der Waals surface area contributed by atoms with Gasteiger partial charge in [-0.15, -0.1) is 0 Å². The van der Waals surface area contributed by atoms with E-state index in [1.54, 1.807) is 30.3 Å². The van der Waals surface area contributed by atoms with Crippen molar-refractivity contribution in [2.75, 3.05) is 18.2 Å². The third-order valence-electron chi connectivity index (χ3n) is 2.78. The summed E-state index contributed by atoms with van der Waals surface area (Å²) in [6.07, 6.45) is 2.95. The van der Waals surface area contributed by atoms with Gasteiger partial charge in [-0.05, 0) is 24.3 Å². The lowest BCUT2D eigenvalue weighted by atomic mass is 10.2. The molecule has 0 fully saturated rings. The summed E-state index contributed by atoms with van der Waals surface area (Å²) in [6, 6.07) is 9.55. The van der Waals surface area contributed by atoms with Crippen LogP contribution < -0.4 is 5.32 Å². The van der Waals surface area contributed by atoms with Gasteiger partial charge in [0.25, 0.3) is 5.91 Å². The van der Waals surface area contributed by atoms with Crippen LogP contribution in [0.3, 0.4) is 0 Å². The van der Waals surface area contributed by atoms with E-state index in [1.807, 2.05) is 0 Å². The molecule has 1 N–H and O–H groups in total. The SMILES string of the molecule is C[S@@](=O)c1ccccc1C(=O)OCC(=O)Nc1cccnc1Cl. The Kier molecular flexibility index (Phi) is 5.84. The van der Waals surface area contributed by atoms with Crippen molar-refractivity contribution in [1.82, 2.24) is 4.98 Å². The predicted molar refractivity (Wildman–Crippen MR) is 86.9 cm³/mol. The molecule has 1 amide bonds. The molecule has 0 radical (unpaired) electrons. The van der Waals surface area contributed by atoms with E-state index in [2.05, 4.69) is 10.3 Å². The Hall–Kier alpha value is -2.25. The van der Waals surface area contributed by atoms with Crippen molar-refractivity contribution < 1.29 is 18.5 Å². The average molecular weight is 353 g/mol. The van der Waals surface area contributed by atoms with E-state index in [4.69, 9.17) is 16.3 Å². The zero-order valence-corrected chi connectivity index (χ0v) is 13.7. The normalized spacial score (nSPS) is 11.6. The first kappa shape index (κ1) is 17.1. The third kappa shape index (κ3) is 4.61. The summed E-state index contributed by atoms with van der Waals surface area (Å²) in [6.45, 7) is -0.491. The van der Waals surface area contributed by atoms with E-state index in [-0.39, 0.29) is 10.7 Å². The summed E-state index contributed by atoms with van der Waals surface area (Å²) in [7, 11) is -1.34. The summed E-state index contributed by atoms with van der Waals surface area (Å²) < 4.78 is 16.5. The lowest BCUT2D eigenvalue weighted by Crippen LogP contribution is -2.21. The molecule has 0 aliphatic rings. The number of rotatable bonds is 5. The molecule has 0 aliphatic carbocycles. The van der Waals surface area contributed by atoms with Crippen LogP contribution in [0.1, 0.15) is 10.4 Å². The molecule has 0 saturated carbocycles. The second kappa shape index (κ2) is 7.85. The molecule has 8 heteroatoms. The smallest absolute Gasteiger partial charge is 0.339 e. The summed E-state index contributed by atoms with van der Waals surface area (Å²) in [5.74, 6) is -1.27. The summed E-state index contributed by atoms with van der Waals surface area (Å²) in [5.41, 5.74) is 0.492. The largest absolute Gasteiger partial charge is 0.452 e. The fourth-order valence-electron chi connectivity index (χ4n) is 1.76. The van der Waals surface area contributed by atoms with Crippen LogP contribution in [-0.2, 0) is 20.3 Å². The minimum Gasteiger partial charge on any atom is -0.452 e. The van der Waals surface area contributed by atoms with Gasteiger partial charge in [0.15, 0.2) is 11.8 Å². The number of benzene rings is 1. The summed E-state index contributed by atoms with van der Waals surface area (Å²) in [5, 5.41) is 2.62. The van der Waals surface area contributed by atoms with Gasteiger partial charge in [0.05, 0.1) is 26.9 Å². The van der Waals surface area contributed by atoms with Crippen LogP contribution >= 0.6 is 11.6 Å². The van der Waals surface area contributed by atoms with Gasteiger partial charge in [-0.25, -0.2) is 9.78 Å². The Balaban J connectivity index is 1.98. The lowest BCUT2D eigenvalue weighted by molar-refractivity contribution is -0.119. The second-order valence-electron chi connectivity index (χ2n) is 4.42. The minimum atomic E-state index is -1.34. The van der Waals surface area contributed by atoms with Crippen molar-refractivity contribution in [2.24, 2.45) is 0 Å². The fraction of sp³-hybridized carbons (Fsp3) is 0.133. The average Bonchev–Trinajstić information content (AvgIpc) is 2.54. The Morgan fingerprint density at radius 3 is 2.70 bits per heavy atom. The van der Waals surface area contributed by atoms with Gasteiger partial charge in [0.2, 0.25) is 0 Å². The molecule has 2 aromatic rings. The number of nitrogens with zero attached hydrogens (tertiary/aromatic N) is 1. The van der Waals surface area contributed by atoms with Gasteiger partial charge in [-0.2, -0.15) is 0 Å². The fourth-order valence-corrected chi connectivity index (χ4v) is 2.66. The maximum absolute atomic E-state index is 12.0. The molecule has 2 rings (SSSR count). The Morgan fingerprint density at radius 1 is 1.26 bits per heavy atom. The molecule has 6 nitrogen and oxygen atoms in total. The maximum atomic E-state index is 12.0. The highest BCUT2D eigenvalue weighted by Crippen LogP contribution is 2.17. The highest BCUT2D eigenvalue weighted by Gasteiger charge is 2.16. The van der Waals surface area contributed by atoms with Crippen LogP contribution in [0.4, 0.5) is 5.69 Å². The molecule has 0 bridgehead atoms. The van der Waals surface area contributed by atoms with Crippen LogP contribution in [-0.4, -0.2) is 33.9 Å². The molecular weight excluding hydrogens is 340 g/mol. The number of esters is 1. The first-order chi connectivity index (χ1) is 11.0. The summed E-state index contributed by atoms with van der Waals surface area (Å²) in [4.78, 5) is 28.0. The molecule has 0 unspecified atom stereocenters. The first-order valence-electron chi connectivity index (χ1n) is 6.49. The number of halogens is 1. The molecular formula is C15H13ClN2O4S. The first-order valence-corrected chi connectivity index (χ1v) is 8.42. The highest BCUT2D eigenvalue weighted by atomic mass is 35.5. The van der Waals surface area contributed by atoms with Crippen molar-refractivity contribution in [3.63, 3.8) is 0 Å². The molecule has 0 spiro atoms. The quantitative estimate of drug-likeness (QED) is 0.659. The van der Waals surface area contributed by atoms with Crippen LogP contribution in [0.2, 0.25) is 5.15 Å². The standard InChI is InChI=1S/C15H13ClN2O4S/c1-23(21)12-7-3-2-5-10(12)15(20)22-9-13(19)18-11-6-4-8-17-14(11)16/h2-8H,9H2,1H3,(H,18,19)/t23-/m1/s1. The van der Waals surface area contributed by atoms with E-state index < -0.39 is 29.3 Å². The highest BCUT2D eigenvalue weighted by molar-refractivity contribution is 7.84. The van der Waals surface area contributed by atoms with Crippen LogP contribution in [0.5, 0.6) is 0 Å². The molecule has 1 heterocycles. The lowest BCUT2D eigenvalue weighted by Gasteiger charge is -2.09. The number of carbonyl (C=O) groups excluding carboxylic acids is 2. The number of nitrogens with one attached hydrogen (secondary N) is 1. The van der Waals surface area contributed by atoms with Gasteiger partial charge in [-0.1, -0.05) is 23.7 Å². The topological polar surface area (TPSA) is 85.4 Å². The van der Waals surface area contributed by atoms with Crippen molar-refractivity contribution in [3.8, 4) is 0 Å². The van der Waals surface area contributed by atoms with Crippen molar-refractivity contribution in [3.05, 3.63) is 53.3 Å². The molecule has 1 aromatic heterocycles. The van der Waals surface area contributed by atoms with Crippen LogP contribution in [0, 0.1) is 0 Å². The van der Waals surface area contributed by atoms with E-state index in [0.29, 0.717) is 10.6 Å². The van der Waals surface area contributed by atoms with Gasteiger partial charge < -0.3 is 10.1 Å². The number of hydrogen-bond donors (Lipinski definition) is 1. The van der Waals surface area contributed by atoms with Gasteiger partial charge in [0.1, 0.15) is 0 Å². The zero-order chi connectivity index (χ0) is 16.8. The number of aromatic nitrogens is 1. The predicted octanol–water partition coefficient (Wildman–Crippen LogP) is 2.27. The van der Waals surface area contributed by atoms with E-state index in [9.17, 15) is 13.8 Å². The molecule has 120 valence electrons. The number of anilines is 1. The minimum absolute atomic E-state index is 0.138. The van der Waals surface area contributed by atoms with Crippen LogP contribution in [0.25, 0.3) is 0 Å². The van der Waals surface area contributed by atoms with Crippen LogP contribution in [0.15, 0.2) is 47.5 Å². The Labute approximate surface area is 140 Å². The molecule has 1 atom stereocenters. The van der Waals surface area contributed by atoms with Gasteiger partial charge >= 0.3 is 5.97 Å². The van der Waals surface area contributed by atoms with Gasteiger partial charge in [0, 0.05) is 12.5 Å². The maximum Gasteiger partial charge on any atom is 0.339 e. The number of pyridine rings is 1. The Bertz CT molecular complexity index is 767.